The molecule has 0 saturated carbocycles. The van der Waals surface area contributed by atoms with Crippen molar-refractivity contribution in [1.82, 2.24) is 0 Å². The molecule has 0 saturated heterocycles. The summed E-state index contributed by atoms with van der Waals surface area (Å²) < 4.78 is 41.4. The second-order valence-electron chi connectivity index (χ2n) is 3.17. The van der Waals surface area contributed by atoms with Crippen LogP contribution in [0.5, 0.6) is 0 Å². The van der Waals surface area contributed by atoms with E-state index < -0.39 is 12.0 Å². The van der Waals surface area contributed by atoms with Gasteiger partial charge in [0.2, 0.25) is 0 Å². The normalized spacial score (nSPS) is 12.4. The van der Waals surface area contributed by atoms with Crippen LogP contribution in [0.1, 0.15) is 12.5 Å². The van der Waals surface area contributed by atoms with Gasteiger partial charge in [-0.05, 0) is 6.92 Å². The van der Waals surface area contributed by atoms with E-state index in [0.29, 0.717) is 11.6 Å². The Hall–Kier alpha value is -1.78. The number of allylic oxidation sites excluding steroid dienone is 1. The fourth-order valence-corrected chi connectivity index (χ4v) is 1.17. The average molecular weight is 244 g/mol. The lowest BCUT2D eigenvalue weighted by Gasteiger charge is -2.09. The summed E-state index contributed by atoms with van der Waals surface area (Å²) in [5, 5.41) is 0. The number of ketones is 1. The first-order valence-corrected chi connectivity index (χ1v) is 4.96. The van der Waals surface area contributed by atoms with Gasteiger partial charge < -0.3 is 4.74 Å². The maximum Gasteiger partial charge on any atom is 0.454 e. The fourth-order valence-electron chi connectivity index (χ4n) is 1.17. The lowest BCUT2D eigenvalue weighted by atomic mass is 10.1. The van der Waals surface area contributed by atoms with Crippen molar-refractivity contribution in [2.24, 2.45) is 0 Å². The van der Waals surface area contributed by atoms with Crippen molar-refractivity contribution < 1.29 is 22.7 Å². The molecule has 92 valence electrons. The van der Waals surface area contributed by atoms with Gasteiger partial charge in [-0.1, -0.05) is 30.3 Å². The van der Waals surface area contributed by atoms with Crippen molar-refractivity contribution in [3.8, 4) is 0 Å². The third kappa shape index (κ3) is 3.94. The number of halogens is 3. The molecular formula is C12H11F3O2. The molecule has 0 aliphatic carbocycles. The zero-order valence-corrected chi connectivity index (χ0v) is 9.12. The van der Waals surface area contributed by atoms with E-state index in [-0.39, 0.29) is 12.4 Å². The molecule has 2 nitrogen and oxygen atoms in total. The minimum Gasteiger partial charge on any atom is -0.493 e. The SMILES string of the molecule is CCO/C(=C\C(=O)C(F)(F)F)c1ccccc1. The predicted octanol–water partition coefficient (Wildman–Crippen LogP) is 3.20. The van der Waals surface area contributed by atoms with Crippen LogP contribution in [-0.2, 0) is 9.53 Å². The van der Waals surface area contributed by atoms with Crippen LogP contribution in [0.15, 0.2) is 36.4 Å². The number of rotatable bonds is 4. The Bertz CT molecular complexity index is 408. The van der Waals surface area contributed by atoms with E-state index in [1.807, 2.05) is 0 Å². The highest BCUT2D eigenvalue weighted by atomic mass is 19.4. The van der Waals surface area contributed by atoms with Crippen LogP contribution in [0.4, 0.5) is 13.2 Å². The Kier molecular flexibility index (Phi) is 4.31. The number of ether oxygens (including phenoxy) is 1. The molecule has 1 rings (SSSR count). The topological polar surface area (TPSA) is 26.3 Å². The van der Waals surface area contributed by atoms with Crippen LogP contribution in [0.3, 0.4) is 0 Å². The molecule has 0 unspecified atom stereocenters. The van der Waals surface area contributed by atoms with Crippen molar-refractivity contribution >= 4 is 11.5 Å². The molecule has 1 aromatic rings. The average Bonchev–Trinajstić information content (AvgIpc) is 2.28. The molecule has 0 bridgehead atoms. The first-order chi connectivity index (χ1) is 7.95. The van der Waals surface area contributed by atoms with Gasteiger partial charge in [0.15, 0.2) is 0 Å². The molecule has 0 heterocycles. The van der Waals surface area contributed by atoms with Gasteiger partial charge >= 0.3 is 6.18 Å². The molecule has 0 spiro atoms. The summed E-state index contributed by atoms with van der Waals surface area (Å²) in [6.45, 7) is 1.82. The van der Waals surface area contributed by atoms with E-state index in [2.05, 4.69) is 0 Å². The Labute approximate surface area is 96.7 Å². The van der Waals surface area contributed by atoms with E-state index in [1.165, 1.54) is 0 Å². The summed E-state index contributed by atoms with van der Waals surface area (Å²) >= 11 is 0. The maximum absolute atomic E-state index is 12.1. The van der Waals surface area contributed by atoms with Crippen molar-refractivity contribution in [2.45, 2.75) is 13.1 Å². The number of alkyl halides is 3. The molecule has 1 aromatic carbocycles. The van der Waals surface area contributed by atoms with E-state index in [0.717, 1.165) is 0 Å². The summed E-state index contributed by atoms with van der Waals surface area (Å²) in [5.41, 5.74) is 0.437. The van der Waals surface area contributed by atoms with Crippen molar-refractivity contribution in [3.05, 3.63) is 42.0 Å². The van der Waals surface area contributed by atoms with Crippen molar-refractivity contribution in [3.63, 3.8) is 0 Å². The Morgan fingerprint density at radius 1 is 1.29 bits per heavy atom. The largest absolute Gasteiger partial charge is 0.493 e. The zero-order valence-electron chi connectivity index (χ0n) is 9.12. The molecule has 0 fully saturated rings. The number of hydrogen-bond acceptors (Lipinski definition) is 2. The molecule has 0 atom stereocenters. The van der Waals surface area contributed by atoms with Gasteiger partial charge in [-0.2, -0.15) is 13.2 Å². The van der Waals surface area contributed by atoms with Crippen molar-refractivity contribution in [1.29, 1.82) is 0 Å². The smallest absolute Gasteiger partial charge is 0.454 e. The molecule has 0 aliphatic heterocycles. The van der Waals surface area contributed by atoms with Crippen LogP contribution < -0.4 is 0 Å². The molecular weight excluding hydrogens is 233 g/mol. The van der Waals surface area contributed by atoms with E-state index in [1.54, 1.807) is 37.3 Å². The second-order valence-corrected chi connectivity index (χ2v) is 3.17. The van der Waals surface area contributed by atoms with Gasteiger partial charge in [0.05, 0.1) is 6.61 Å². The molecule has 17 heavy (non-hydrogen) atoms. The molecule has 0 N–H and O–H groups in total. The first kappa shape index (κ1) is 13.3. The van der Waals surface area contributed by atoms with Gasteiger partial charge in [0, 0.05) is 11.6 Å². The summed E-state index contributed by atoms with van der Waals surface area (Å²) in [5.74, 6) is -2.00. The van der Waals surface area contributed by atoms with Crippen molar-refractivity contribution in [2.75, 3.05) is 6.61 Å². The minimum atomic E-state index is -4.88. The maximum atomic E-state index is 12.1. The zero-order chi connectivity index (χ0) is 12.9. The predicted molar refractivity (Wildman–Crippen MR) is 57.1 cm³/mol. The second kappa shape index (κ2) is 5.52. The highest BCUT2D eigenvalue weighted by molar-refractivity contribution is 5.99. The summed E-state index contributed by atoms with van der Waals surface area (Å²) in [4.78, 5) is 10.8. The first-order valence-electron chi connectivity index (χ1n) is 4.96. The summed E-state index contributed by atoms with van der Waals surface area (Å²) in [7, 11) is 0. The third-order valence-electron chi connectivity index (χ3n) is 1.90. The lowest BCUT2D eigenvalue weighted by molar-refractivity contribution is -0.165. The molecule has 0 radical (unpaired) electrons. The van der Waals surface area contributed by atoms with Crippen LogP contribution in [-0.4, -0.2) is 18.6 Å². The minimum absolute atomic E-state index is 0.0737. The third-order valence-corrected chi connectivity index (χ3v) is 1.90. The van der Waals surface area contributed by atoms with Gasteiger partial charge in [-0.25, -0.2) is 0 Å². The molecule has 0 aromatic heterocycles. The van der Waals surface area contributed by atoms with Crippen LogP contribution >= 0.6 is 0 Å². The number of carbonyl (C=O) groups excluding carboxylic acids is 1. The van der Waals surface area contributed by atoms with E-state index in [9.17, 15) is 18.0 Å². The van der Waals surface area contributed by atoms with Gasteiger partial charge in [-0.15, -0.1) is 0 Å². The van der Waals surface area contributed by atoms with Crippen LogP contribution in [0, 0.1) is 0 Å². The summed E-state index contributed by atoms with van der Waals surface area (Å²) in [6.07, 6.45) is -4.41. The molecule has 0 aliphatic rings. The Balaban J connectivity index is 3.02. The van der Waals surface area contributed by atoms with Crippen LogP contribution in [0.2, 0.25) is 0 Å². The molecule has 0 amide bonds. The monoisotopic (exact) mass is 244 g/mol. The summed E-state index contributed by atoms with van der Waals surface area (Å²) in [6, 6.07) is 8.18. The number of hydrogen-bond donors (Lipinski definition) is 0. The van der Waals surface area contributed by atoms with Gasteiger partial charge in [0.25, 0.3) is 5.78 Å². The van der Waals surface area contributed by atoms with E-state index >= 15 is 0 Å². The standard InChI is InChI=1S/C12H11F3O2/c1-2-17-10(8-11(16)12(13,14)15)9-6-4-3-5-7-9/h3-8H,2H2,1H3/b10-8-. The molecule has 5 heteroatoms. The fraction of sp³-hybridized carbons (Fsp3) is 0.250. The quantitative estimate of drug-likeness (QED) is 0.600. The number of carbonyl (C=O) groups is 1. The highest BCUT2D eigenvalue weighted by Gasteiger charge is 2.37. The Morgan fingerprint density at radius 3 is 2.35 bits per heavy atom. The van der Waals surface area contributed by atoms with Crippen LogP contribution in [0.25, 0.3) is 5.76 Å². The van der Waals surface area contributed by atoms with E-state index in [4.69, 9.17) is 4.74 Å². The highest BCUT2D eigenvalue weighted by Crippen LogP contribution is 2.21. The van der Waals surface area contributed by atoms with Gasteiger partial charge in [0.1, 0.15) is 5.76 Å². The lowest BCUT2D eigenvalue weighted by Crippen LogP contribution is -2.20. The van der Waals surface area contributed by atoms with Gasteiger partial charge in [-0.3, -0.25) is 4.79 Å². The number of benzene rings is 1. The Morgan fingerprint density at radius 2 is 1.88 bits per heavy atom.